The normalized spacial score (nSPS) is 14.5. The highest BCUT2D eigenvalue weighted by Gasteiger charge is 2.43. The number of aliphatic hydroxyl groups is 1. The molecular weight excluding hydrogens is 670 g/mol. The second kappa shape index (κ2) is 20.9. The van der Waals surface area contributed by atoms with Crippen molar-refractivity contribution in [2.24, 2.45) is 17.1 Å². The fourth-order valence-corrected chi connectivity index (χ4v) is 5.40. The zero-order chi connectivity index (χ0) is 39.0. The Kier molecular flexibility index (Phi) is 17.4. The first kappa shape index (κ1) is 43.3. The molecule has 0 aromatic heterocycles. The van der Waals surface area contributed by atoms with Crippen LogP contribution in [0.5, 0.6) is 0 Å². The highest BCUT2D eigenvalue weighted by Crippen LogP contribution is 2.25. The number of imide groups is 1. The van der Waals surface area contributed by atoms with Crippen molar-refractivity contribution in [2.45, 2.75) is 98.0 Å². The monoisotopic (exact) mass is 725 g/mol. The number of hydrogen-bond acceptors (Lipinski definition) is 10. The molecule has 3 unspecified atom stereocenters. The van der Waals surface area contributed by atoms with Gasteiger partial charge >= 0.3 is 12.1 Å². The van der Waals surface area contributed by atoms with Gasteiger partial charge in [0.25, 0.3) is 0 Å². The maximum absolute atomic E-state index is 13.7. The van der Waals surface area contributed by atoms with Gasteiger partial charge in [0.2, 0.25) is 23.6 Å². The quantitative estimate of drug-likeness (QED) is 0.106. The van der Waals surface area contributed by atoms with Gasteiger partial charge in [-0.25, -0.2) is 14.5 Å². The third-order valence-electron chi connectivity index (χ3n) is 8.76. The number of aliphatic hydroxyl groups excluding tert-OH is 1. The van der Waals surface area contributed by atoms with Gasteiger partial charge < -0.3 is 36.3 Å². The Hall–Kier alpha value is -4.82. The number of methoxy groups -OCH3 is 1. The number of nitrogens with one attached hydrogen (secondary N) is 3. The Balaban J connectivity index is 2.31. The van der Waals surface area contributed by atoms with Gasteiger partial charge in [0.05, 0.1) is 19.8 Å². The van der Waals surface area contributed by atoms with Crippen LogP contribution in [-0.4, -0.2) is 90.1 Å². The number of amides is 5. The second-order valence-electron chi connectivity index (χ2n) is 13.5. The number of benzene rings is 2. The van der Waals surface area contributed by atoms with Gasteiger partial charge in [-0.05, 0) is 42.9 Å². The van der Waals surface area contributed by atoms with E-state index >= 15 is 0 Å². The van der Waals surface area contributed by atoms with Crippen LogP contribution in [0.25, 0.3) is 11.1 Å². The van der Waals surface area contributed by atoms with Crippen molar-refractivity contribution >= 4 is 35.7 Å². The van der Waals surface area contributed by atoms with Gasteiger partial charge in [-0.15, -0.1) is 0 Å². The van der Waals surface area contributed by atoms with E-state index in [0.29, 0.717) is 16.9 Å². The van der Waals surface area contributed by atoms with E-state index in [1.807, 2.05) is 49.4 Å². The van der Waals surface area contributed by atoms with Crippen molar-refractivity contribution < 1.29 is 43.3 Å². The van der Waals surface area contributed by atoms with Crippen molar-refractivity contribution in [3.05, 3.63) is 60.2 Å². The van der Waals surface area contributed by atoms with E-state index in [9.17, 15) is 33.9 Å². The van der Waals surface area contributed by atoms with Crippen LogP contribution in [0.15, 0.2) is 54.6 Å². The lowest BCUT2D eigenvalue weighted by Crippen LogP contribution is -2.63. The Bertz CT molecular complexity index is 1520. The zero-order valence-electron chi connectivity index (χ0n) is 31.3. The molecule has 14 nitrogen and oxygen atoms in total. The summed E-state index contributed by atoms with van der Waals surface area (Å²) in [6.45, 7) is 8.26. The van der Waals surface area contributed by atoms with Crippen molar-refractivity contribution in [1.29, 1.82) is 0 Å². The highest BCUT2D eigenvalue weighted by atomic mass is 16.6. The highest BCUT2D eigenvalue weighted by molar-refractivity contribution is 6.00. The summed E-state index contributed by atoms with van der Waals surface area (Å²) in [7, 11) is 1.18. The fourth-order valence-electron chi connectivity index (χ4n) is 5.40. The summed E-state index contributed by atoms with van der Waals surface area (Å²) >= 11 is 0. The standard InChI is InChI=1S/C38H55N5O9/c1-8-9-11-20-30(45)41-32(34(47)42-31(24(2)3)36(49)51-7)38(6,23-44)22-40-33(46)26(5)43(35(48)25(4)39)37(50)52-21-28-18-14-15-19-29(28)27-16-12-10-13-17-27/h10,12-19,24-26,31-32,44H,8-9,11,20-23,39H2,1-7H3,(H,40,46)(H,41,45)(H,42,47)/t25-,26-,31?,32?,38?/m0/s1. The van der Waals surface area contributed by atoms with Crippen LogP contribution in [0, 0.1) is 11.3 Å². The number of rotatable bonds is 19. The molecule has 286 valence electrons. The van der Waals surface area contributed by atoms with Gasteiger partial charge in [0.1, 0.15) is 24.7 Å². The van der Waals surface area contributed by atoms with Crippen LogP contribution < -0.4 is 21.7 Å². The van der Waals surface area contributed by atoms with Gasteiger partial charge in [0, 0.05) is 18.4 Å². The number of carbonyl (C=O) groups is 6. The molecule has 2 aromatic rings. The first-order chi connectivity index (χ1) is 24.6. The van der Waals surface area contributed by atoms with Crippen molar-refractivity contribution in [3.63, 3.8) is 0 Å². The average Bonchev–Trinajstić information content (AvgIpc) is 3.13. The summed E-state index contributed by atoms with van der Waals surface area (Å²) < 4.78 is 10.4. The largest absolute Gasteiger partial charge is 0.467 e. The Morgan fingerprint density at radius 2 is 1.54 bits per heavy atom. The van der Waals surface area contributed by atoms with Crippen LogP contribution in [0.2, 0.25) is 0 Å². The molecule has 0 aliphatic carbocycles. The van der Waals surface area contributed by atoms with Crippen molar-refractivity contribution in [1.82, 2.24) is 20.9 Å². The number of unbranched alkanes of at least 4 members (excludes halogenated alkanes) is 2. The number of ether oxygens (including phenoxy) is 2. The minimum absolute atomic E-state index is 0.111. The molecule has 52 heavy (non-hydrogen) atoms. The molecule has 5 atom stereocenters. The number of hydrogen-bond donors (Lipinski definition) is 5. The summed E-state index contributed by atoms with van der Waals surface area (Å²) in [5.41, 5.74) is 6.72. The number of nitrogens with two attached hydrogens (primary N) is 1. The van der Waals surface area contributed by atoms with Gasteiger partial charge in [-0.1, -0.05) is 95.1 Å². The van der Waals surface area contributed by atoms with E-state index in [4.69, 9.17) is 15.2 Å². The van der Waals surface area contributed by atoms with E-state index in [2.05, 4.69) is 16.0 Å². The molecule has 0 aliphatic rings. The third kappa shape index (κ3) is 12.2. The first-order valence-electron chi connectivity index (χ1n) is 17.6. The van der Waals surface area contributed by atoms with E-state index < -0.39 is 71.9 Å². The average molecular weight is 726 g/mol. The van der Waals surface area contributed by atoms with E-state index in [1.165, 1.54) is 27.9 Å². The van der Waals surface area contributed by atoms with Crippen LogP contribution in [0.3, 0.4) is 0 Å². The topological polar surface area (TPSA) is 206 Å². The molecule has 0 saturated heterocycles. The summed E-state index contributed by atoms with van der Waals surface area (Å²) in [4.78, 5) is 80.0. The predicted octanol–water partition coefficient (Wildman–Crippen LogP) is 3.05. The molecule has 6 N–H and O–H groups in total. The molecule has 0 bridgehead atoms. The number of esters is 1. The lowest BCUT2D eigenvalue weighted by molar-refractivity contribution is -0.147. The molecule has 0 spiro atoms. The second-order valence-corrected chi connectivity index (χ2v) is 13.5. The minimum Gasteiger partial charge on any atom is -0.467 e. The van der Waals surface area contributed by atoms with Crippen LogP contribution in [0.4, 0.5) is 4.79 Å². The van der Waals surface area contributed by atoms with Crippen LogP contribution in [-0.2, 0) is 40.1 Å². The van der Waals surface area contributed by atoms with Crippen molar-refractivity contribution in [2.75, 3.05) is 20.3 Å². The maximum Gasteiger partial charge on any atom is 0.417 e. The summed E-state index contributed by atoms with van der Waals surface area (Å²) in [6, 6.07) is 11.7. The van der Waals surface area contributed by atoms with Crippen LogP contribution >= 0.6 is 0 Å². The molecule has 0 aliphatic heterocycles. The lowest BCUT2D eigenvalue weighted by Gasteiger charge is -2.37. The zero-order valence-corrected chi connectivity index (χ0v) is 31.3. The lowest BCUT2D eigenvalue weighted by atomic mass is 9.81. The Morgan fingerprint density at radius 3 is 2.12 bits per heavy atom. The van der Waals surface area contributed by atoms with Gasteiger partial charge in [0.15, 0.2) is 0 Å². The summed E-state index contributed by atoms with van der Waals surface area (Å²) in [6.07, 6.45) is 1.22. The molecular formula is C38H55N5O9. The molecule has 14 heteroatoms. The molecule has 2 aromatic carbocycles. The molecule has 0 fully saturated rings. The smallest absolute Gasteiger partial charge is 0.417 e. The Labute approximate surface area is 306 Å². The molecule has 0 saturated carbocycles. The molecule has 5 amide bonds. The summed E-state index contributed by atoms with van der Waals surface area (Å²) in [5.74, 6) is -4.00. The fraction of sp³-hybridized carbons (Fsp3) is 0.526. The Morgan fingerprint density at radius 1 is 0.904 bits per heavy atom. The SMILES string of the molecule is CCCCCC(=O)NC(C(=O)NC(C(=O)OC)C(C)C)C(C)(CO)CNC(=O)[C@H](C)N(C(=O)OCc1ccccc1-c1ccccc1)C(=O)[C@H](C)N. The predicted molar refractivity (Wildman–Crippen MR) is 195 cm³/mol. The van der Waals surface area contributed by atoms with E-state index in [-0.39, 0.29) is 25.5 Å². The summed E-state index contributed by atoms with van der Waals surface area (Å²) in [5, 5.41) is 18.5. The first-order valence-corrected chi connectivity index (χ1v) is 17.6. The van der Waals surface area contributed by atoms with Crippen molar-refractivity contribution in [3.8, 4) is 11.1 Å². The van der Waals surface area contributed by atoms with E-state index in [1.54, 1.807) is 26.0 Å². The third-order valence-corrected chi connectivity index (χ3v) is 8.76. The minimum atomic E-state index is -1.52. The molecule has 0 radical (unpaired) electrons. The van der Waals surface area contributed by atoms with Gasteiger partial charge in [-0.3, -0.25) is 19.2 Å². The molecule has 2 rings (SSSR count). The molecule has 0 heterocycles. The van der Waals surface area contributed by atoms with E-state index in [0.717, 1.165) is 24.0 Å². The van der Waals surface area contributed by atoms with Crippen LogP contribution in [0.1, 0.15) is 72.8 Å². The maximum atomic E-state index is 13.7. The number of carbonyl (C=O) groups excluding carboxylic acids is 6. The number of nitrogens with zero attached hydrogens (tertiary/aromatic N) is 1. The van der Waals surface area contributed by atoms with Gasteiger partial charge in [-0.2, -0.15) is 0 Å².